The first-order valence-electron chi connectivity index (χ1n) is 8.14. The zero-order valence-corrected chi connectivity index (χ0v) is 14.6. The standard InChI is InChI=1S/C20H26N2O2/c1-20(24,18-10-5-4-6-11-18)13-19(23)21-14-16-8-7-9-17(12-16)15-22(2)3/h4-12,24H,13-15H2,1-3H3,(H,21,23). The van der Waals surface area contributed by atoms with Gasteiger partial charge in [0.25, 0.3) is 0 Å². The first-order chi connectivity index (χ1) is 11.4. The Morgan fingerprint density at radius 1 is 1.08 bits per heavy atom. The van der Waals surface area contributed by atoms with Crippen LogP contribution < -0.4 is 5.32 Å². The molecule has 2 rings (SSSR count). The van der Waals surface area contributed by atoms with Gasteiger partial charge in [0.2, 0.25) is 5.91 Å². The van der Waals surface area contributed by atoms with E-state index in [1.807, 2.05) is 56.6 Å². The van der Waals surface area contributed by atoms with E-state index in [1.165, 1.54) is 5.56 Å². The molecule has 4 heteroatoms. The van der Waals surface area contributed by atoms with E-state index in [0.29, 0.717) is 6.54 Å². The normalized spacial score (nSPS) is 13.5. The Hall–Kier alpha value is -2.17. The summed E-state index contributed by atoms with van der Waals surface area (Å²) >= 11 is 0. The fourth-order valence-electron chi connectivity index (χ4n) is 2.68. The number of rotatable bonds is 7. The van der Waals surface area contributed by atoms with Crippen molar-refractivity contribution < 1.29 is 9.90 Å². The van der Waals surface area contributed by atoms with Crippen LogP contribution in [0, 0.1) is 0 Å². The summed E-state index contributed by atoms with van der Waals surface area (Å²) in [5.74, 6) is -0.165. The number of amides is 1. The molecule has 2 aromatic rings. The largest absolute Gasteiger partial charge is 0.385 e. The minimum absolute atomic E-state index is 0.0361. The summed E-state index contributed by atoms with van der Waals surface area (Å²) in [6.07, 6.45) is 0.0361. The molecule has 0 fully saturated rings. The van der Waals surface area contributed by atoms with Crippen molar-refractivity contribution >= 4 is 5.91 Å². The number of aliphatic hydroxyl groups is 1. The number of hydrogen-bond acceptors (Lipinski definition) is 3. The van der Waals surface area contributed by atoms with Gasteiger partial charge in [0.05, 0.1) is 12.0 Å². The molecule has 0 aromatic heterocycles. The zero-order chi connectivity index (χ0) is 17.6. The Morgan fingerprint density at radius 2 is 1.75 bits per heavy atom. The predicted octanol–water partition coefficient (Wildman–Crippen LogP) is 2.66. The molecule has 4 nitrogen and oxygen atoms in total. The monoisotopic (exact) mass is 326 g/mol. The highest BCUT2D eigenvalue weighted by Crippen LogP contribution is 2.23. The number of carbonyl (C=O) groups excluding carboxylic acids is 1. The Morgan fingerprint density at radius 3 is 2.42 bits per heavy atom. The second kappa shape index (κ2) is 8.08. The predicted molar refractivity (Wildman–Crippen MR) is 96.3 cm³/mol. The molecule has 0 aliphatic heterocycles. The minimum atomic E-state index is -1.17. The molecule has 24 heavy (non-hydrogen) atoms. The fraction of sp³-hybridized carbons (Fsp3) is 0.350. The third kappa shape index (κ3) is 5.48. The molecule has 0 spiro atoms. The molecule has 128 valence electrons. The SMILES string of the molecule is CN(C)Cc1cccc(CNC(=O)CC(C)(O)c2ccccc2)c1. The van der Waals surface area contributed by atoms with Gasteiger partial charge in [-0.1, -0.05) is 54.6 Å². The van der Waals surface area contributed by atoms with Crippen LogP contribution in [-0.4, -0.2) is 30.0 Å². The molecule has 0 heterocycles. The lowest BCUT2D eigenvalue weighted by Gasteiger charge is -2.23. The van der Waals surface area contributed by atoms with Crippen LogP contribution in [0.5, 0.6) is 0 Å². The minimum Gasteiger partial charge on any atom is -0.385 e. The van der Waals surface area contributed by atoms with E-state index >= 15 is 0 Å². The molecule has 2 aromatic carbocycles. The van der Waals surface area contributed by atoms with Gasteiger partial charge in [-0.05, 0) is 37.7 Å². The summed E-state index contributed by atoms with van der Waals surface area (Å²) in [6, 6.07) is 17.4. The smallest absolute Gasteiger partial charge is 0.223 e. The first-order valence-corrected chi connectivity index (χ1v) is 8.14. The molecule has 0 saturated carbocycles. The average molecular weight is 326 g/mol. The van der Waals surface area contributed by atoms with Crippen molar-refractivity contribution in [2.45, 2.75) is 32.0 Å². The molecule has 1 atom stereocenters. The number of nitrogens with zero attached hydrogens (tertiary/aromatic N) is 1. The Bertz CT molecular complexity index is 666. The van der Waals surface area contributed by atoms with Gasteiger partial charge in [-0.2, -0.15) is 0 Å². The third-order valence-electron chi connectivity index (χ3n) is 3.88. The van der Waals surface area contributed by atoms with Crippen molar-refractivity contribution in [3.8, 4) is 0 Å². The van der Waals surface area contributed by atoms with Gasteiger partial charge in [-0.15, -0.1) is 0 Å². The van der Waals surface area contributed by atoms with Gasteiger partial charge in [-0.25, -0.2) is 0 Å². The number of hydrogen-bond donors (Lipinski definition) is 2. The topological polar surface area (TPSA) is 52.6 Å². The molecule has 2 N–H and O–H groups in total. The molecule has 0 radical (unpaired) electrons. The number of nitrogens with one attached hydrogen (secondary N) is 1. The summed E-state index contributed by atoms with van der Waals surface area (Å²) in [5.41, 5.74) is 1.84. The lowest BCUT2D eigenvalue weighted by Crippen LogP contribution is -2.32. The maximum Gasteiger partial charge on any atom is 0.223 e. The van der Waals surface area contributed by atoms with Crippen LogP contribution in [0.15, 0.2) is 54.6 Å². The summed E-state index contributed by atoms with van der Waals surface area (Å²) in [7, 11) is 4.06. The highest BCUT2D eigenvalue weighted by atomic mass is 16.3. The Labute approximate surface area is 144 Å². The maximum absolute atomic E-state index is 12.2. The van der Waals surface area contributed by atoms with E-state index < -0.39 is 5.60 Å². The highest BCUT2D eigenvalue weighted by molar-refractivity contribution is 5.77. The van der Waals surface area contributed by atoms with Crippen LogP contribution in [0.25, 0.3) is 0 Å². The maximum atomic E-state index is 12.2. The Kier molecular flexibility index (Phi) is 6.12. The van der Waals surface area contributed by atoms with Crippen LogP contribution in [0.2, 0.25) is 0 Å². The van der Waals surface area contributed by atoms with Crippen LogP contribution in [0.4, 0.5) is 0 Å². The molecular weight excluding hydrogens is 300 g/mol. The molecule has 1 unspecified atom stereocenters. The van der Waals surface area contributed by atoms with Crippen LogP contribution in [-0.2, 0) is 23.5 Å². The van der Waals surface area contributed by atoms with Crippen molar-refractivity contribution in [3.63, 3.8) is 0 Å². The molecule has 0 aliphatic carbocycles. The average Bonchev–Trinajstić information content (AvgIpc) is 2.53. The van der Waals surface area contributed by atoms with Crippen molar-refractivity contribution in [1.82, 2.24) is 10.2 Å². The highest BCUT2D eigenvalue weighted by Gasteiger charge is 2.26. The first kappa shape index (κ1) is 18.2. The second-order valence-corrected chi connectivity index (χ2v) is 6.65. The molecule has 0 aliphatic rings. The lowest BCUT2D eigenvalue weighted by atomic mass is 9.92. The zero-order valence-electron chi connectivity index (χ0n) is 14.6. The molecular formula is C20H26N2O2. The van der Waals surface area contributed by atoms with Crippen molar-refractivity contribution in [2.24, 2.45) is 0 Å². The number of carbonyl (C=O) groups is 1. The fourth-order valence-corrected chi connectivity index (χ4v) is 2.68. The van der Waals surface area contributed by atoms with Crippen LogP contribution in [0.3, 0.4) is 0 Å². The van der Waals surface area contributed by atoms with Gasteiger partial charge in [0.15, 0.2) is 0 Å². The van der Waals surface area contributed by atoms with Gasteiger partial charge in [-0.3, -0.25) is 4.79 Å². The van der Waals surface area contributed by atoms with Gasteiger partial charge >= 0.3 is 0 Å². The van der Waals surface area contributed by atoms with Crippen molar-refractivity contribution in [1.29, 1.82) is 0 Å². The van der Waals surface area contributed by atoms with Gasteiger partial charge in [0, 0.05) is 13.1 Å². The van der Waals surface area contributed by atoms with E-state index in [9.17, 15) is 9.90 Å². The summed E-state index contributed by atoms with van der Waals surface area (Å²) in [5, 5.41) is 13.4. The lowest BCUT2D eigenvalue weighted by molar-refractivity contribution is -0.126. The van der Waals surface area contributed by atoms with Crippen LogP contribution in [0.1, 0.15) is 30.0 Å². The van der Waals surface area contributed by atoms with E-state index in [1.54, 1.807) is 6.92 Å². The van der Waals surface area contributed by atoms with Crippen molar-refractivity contribution in [2.75, 3.05) is 14.1 Å². The van der Waals surface area contributed by atoms with Gasteiger partial charge < -0.3 is 15.3 Å². The van der Waals surface area contributed by atoms with Crippen molar-refractivity contribution in [3.05, 3.63) is 71.3 Å². The Balaban J connectivity index is 1.91. The second-order valence-electron chi connectivity index (χ2n) is 6.65. The third-order valence-corrected chi connectivity index (χ3v) is 3.88. The molecule has 0 saturated heterocycles. The quantitative estimate of drug-likeness (QED) is 0.822. The summed E-state index contributed by atoms with van der Waals surface area (Å²) < 4.78 is 0. The molecule has 0 bridgehead atoms. The van der Waals surface area contributed by atoms with Crippen LogP contribution >= 0.6 is 0 Å². The molecule has 1 amide bonds. The number of benzene rings is 2. The van der Waals surface area contributed by atoms with E-state index in [-0.39, 0.29) is 12.3 Å². The van der Waals surface area contributed by atoms with Gasteiger partial charge in [0.1, 0.15) is 0 Å². The summed E-state index contributed by atoms with van der Waals surface area (Å²) in [6.45, 7) is 3.00. The van der Waals surface area contributed by atoms with E-state index in [0.717, 1.165) is 17.7 Å². The summed E-state index contributed by atoms with van der Waals surface area (Å²) in [4.78, 5) is 14.3. The van der Waals surface area contributed by atoms with E-state index in [4.69, 9.17) is 0 Å². The van der Waals surface area contributed by atoms with E-state index in [2.05, 4.69) is 22.3 Å².